The third-order valence-electron chi connectivity index (χ3n) is 5.23. The Bertz CT molecular complexity index is 1380. The van der Waals surface area contributed by atoms with E-state index in [4.69, 9.17) is 0 Å². The number of alkyl halides is 3. The van der Waals surface area contributed by atoms with Gasteiger partial charge >= 0.3 is 15.6 Å². The number of carbonyl (C=O) groups is 1. The van der Waals surface area contributed by atoms with E-state index in [2.05, 4.69) is 9.17 Å². The quantitative estimate of drug-likeness (QED) is 0.397. The summed E-state index contributed by atoms with van der Waals surface area (Å²) in [7, 11) is -4.28. The van der Waals surface area contributed by atoms with E-state index in [1.165, 1.54) is 6.07 Å². The van der Waals surface area contributed by atoms with Crippen molar-refractivity contribution in [3.63, 3.8) is 0 Å². The van der Waals surface area contributed by atoms with Crippen LogP contribution in [0.3, 0.4) is 0 Å². The molecule has 33 heavy (non-hydrogen) atoms. The number of benzene rings is 2. The van der Waals surface area contributed by atoms with Crippen LogP contribution in [-0.4, -0.2) is 47.4 Å². The van der Waals surface area contributed by atoms with E-state index in [9.17, 15) is 31.2 Å². The predicted molar refractivity (Wildman–Crippen MR) is 113 cm³/mol. The van der Waals surface area contributed by atoms with Gasteiger partial charge in [0, 0.05) is 18.7 Å². The van der Waals surface area contributed by atoms with Gasteiger partial charge in [0.05, 0.1) is 10.9 Å². The van der Waals surface area contributed by atoms with Crippen molar-refractivity contribution in [3.8, 4) is 17.1 Å². The van der Waals surface area contributed by atoms with Crippen molar-refractivity contribution in [3.05, 3.63) is 58.9 Å². The van der Waals surface area contributed by atoms with Gasteiger partial charge in [-0.15, -0.1) is 0 Å². The second kappa shape index (κ2) is 8.18. The monoisotopic (exact) mass is 481 g/mol. The maximum atomic E-state index is 13.3. The summed E-state index contributed by atoms with van der Waals surface area (Å²) < 4.78 is 66.0. The van der Waals surface area contributed by atoms with Crippen LogP contribution in [0.2, 0.25) is 0 Å². The number of rotatable bonds is 6. The first kappa shape index (κ1) is 22.8. The van der Waals surface area contributed by atoms with E-state index < -0.39 is 26.9 Å². The molecule has 4 rings (SSSR count). The Morgan fingerprint density at radius 3 is 2.45 bits per heavy atom. The summed E-state index contributed by atoms with van der Waals surface area (Å²) in [5.41, 5.74) is -5.68. The molecule has 8 nitrogen and oxygen atoms in total. The largest absolute Gasteiger partial charge is 0.534 e. The lowest BCUT2D eigenvalue weighted by atomic mass is 10.1. The first-order valence-electron chi connectivity index (χ1n) is 9.84. The minimum absolute atomic E-state index is 0.106. The fourth-order valence-corrected chi connectivity index (χ4v) is 3.74. The standard InChI is InChI=1S/C21H18F3N3O5S/c1-26(14-7-8-14)18(28)12-27-19(13-5-3-2-4-6-13)25-17-10-9-15(11-16(17)20(27)29)32-33(30,31)21(22,23)24/h2-6,9-11,14H,7-8,12H2,1H3. The third kappa shape index (κ3) is 4.56. The molecule has 0 unspecified atom stereocenters. The highest BCUT2D eigenvalue weighted by atomic mass is 32.2. The Hall–Kier alpha value is -3.41. The van der Waals surface area contributed by atoms with Crippen LogP contribution in [0.1, 0.15) is 12.8 Å². The van der Waals surface area contributed by atoms with Crippen molar-refractivity contribution in [1.29, 1.82) is 0 Å². The minimum atomic E-state index is -5.92. The fraction of sp³-hybridized carbons (Fsp3) is 0.286. The van der Waals surface area contributed by atoms with E-state index in [0.717, 1.165) is 29.5 Å². The average molecular weight is 481 g/mol. The highest BCUT2D eigenvalue weighted by Crippen LogP contribution is 2.29. The highest BCUT2D eigenvalue weighted by molar-refractivity contribution is 7.88. The number of nitrogens with zero attached hydrogens (tertiary/aromatic N) is 3. The lowest BCUT2D eigenvalue weighted by molar-refractivity contribution is -0.131. The predicted octanol–water partition coefficient (Wildman–Crippen LogP) is 2.91. The zero-order valence-corrected chi connectivity index (χ0v) is 18.1. The van der Waals surface area contributed by atoms with Crippen molar-refractivity contribution in [2.24, 2.45) is 0 Å². The van der Waals surface area contributed by atoms with Gasteiger partial charge in [0.25, 0.3) is 5.56 Å². The van der Waals surface area contributed by atoms with Gasteiger partial charge in [-0.25, -0.2) is 4.98 Å². The second-order valence-corrected chi connectivity index (χ2v) is 9.13. The summed E-state index contributed by atoms with van der Waals surface area (Å²) in [6.07, 6.45) is 1.74. The lowest BCUT2D eigenvalue weighted by Crippen LogP contribution is -2.36. The van der Waals surface area contributed by atoms with Crippen molar-refractivity contribution in [2.45, 2.75) is 30.9 Å². The molecule has 0 saturated heterocycles. The number of hydrogen-bond donors (Lipinski definition) is 0. The molecule has 1 aromatic heterocycles. The van der Waals surface area contributed by atoms with E-state index >= 15 is 0 Å². The third-order valence-corrected chi connectivity index (χ3v) is 6.21. The molecule has 0 aliphatic heterocycles. The number of halogens is 3. The minimum Gasteiger partial charge on any atom is -0.376 e. The van der Waals surface area contributed by atoms with Crippen LogP contribution in [-0.2, 0) is 21.5 Å². The van der Waals surface area contributed by atoms with Gasteiger partial charge < -0.3 is 9.08 Å². The molecule has 0 radical (unpaired) electrons. The molecule has 1 saturated carbocycles. The summed E-state index contributed by atoms with van der Waals surface area (Å²) in [4.78, 5) is 32.0. The summed E-state index contributed by atoms with van der Waals surface area (Å²) in [6.45, 7) is -0.342. The van der Waals surface area contributed by atoms with Crippen molar-refractivity contribution in [1.82, 2.24) is 14.5 Å². The van der Waals surface area contributed by atoms with Gasteiger partial charge in [0.1, 0.15) is 18.1 Å². The summed E-state index contributed by atoms with van der Waals surface area (Å²) in [5.74, 6) is -0.827. The topological polar surface area (TPSA) is 98.6 Å². The number of aromatic nitrogens is 2. The summed E-state index contributed by atoms with van der Waals surface area (Å²) in [6, 6.07) is 11.8. The Labute approximate surface area is 186 Å². The smallest absolute Gasteiger partial charge is 0.376 e. The van der Waals surface area contributed by atoms with Crippen molar-refractivity contribution in [2.75, 3.05) is 7.05 Å². The van der Waals surface area contributed by atoms with Crippen LogP contribution >= 0.6 is 0 Å². The van der Waals surface area contributed by atoms with Crippen LogP contribution in [0, 0.1) is 0 Å². The fourth-order valence-electron chi connectivity index (χ4n) is 3.29. The molecule has 174 valence electrons. The van der Waals surface area contributed by atoms with Crippen LogP contribution < -0.4 is 9.74 Å². The molecule has 0 N–H and O–H groups in total. The maximum Gasteiger partial charge on any atom is 0.534 e. The SMILES string of the molecule is CN(C(=O)Cn1c(-c2ccccc2)nc2ccc(OS(=O)(=O)C(F)(F)F)cc2c1=O)C1CC1. The van der Waals surface area contributed by atoms with Crippen LogP contribution in [0.25, 0.3) is 22.3 Å². The van der Waals surface area contributed by atoms with Crippen LogP contribution in [0.15, 0.2) is 53.3 Å². The Morgan fingerprint density at radius 2 is 1.85 bits per heavy atom. The normalized spacial score (nSPS) is 14.3. The van der Waals surface area contributed by atoms with Gasteiger partial charge in [-0.2, -0.15) is 21.6 Å². The molecule has 2 aromatic carbocycles. The molecule has 1 fully saturated rings. The van der Waals surface area contributed by atoms with E-state index in [-0.39, 0.29) is 35.2 Å². The average Bonchev–Trinajstić information content (AvgIpc) is 3.60. The molecule has 1 aliphatic carbocycles. The van der Waals surface area contributed by atoms with E-state index in [0.29, 0.717) is 5.56 Å². The Kier molecular flexibility index (Phi) is 5.64. The number of hydrogen-bond acceptors (Lipinski definition) is 6. The molecule has 0 atom stereocenters. The Balaban J connectivity index is 1.83. The van der Waals surface area contributed by atoms with Crippen LogP contribution in [0.4, 0.5) is 13.2 Å². The highest BCUT2D eigenvalue weighted by Gasteiger charge is 2.48. The van der Waals surface area contributed by atoms with E-state index in [1.54, 1.807) is 42.3 Å². The Morgan fingerprint density at radius 1 is 1.18 bits per heavy atom. The molecule has 12 heteroatoms. The molecule has 3 aromatic rings. The number of fused-ring (bicyclic) bond motifs is 1. The first-order valence-corrected chi connectivity index (χ1v) is 11.3. The molecule has 0 bridgehead atoms. The number of likely N-dealkylation sites (N-methyl/N-ethyl adjacent to an activating group) is 1. The van der Waals surface area contributed by atoms with Gasteiger partial charge in [-0.05, 0) is 31.0 Å². The van der Waals surface area contributed by atoms with Gasteiger partial charge in [0.15, 0.2) is 0 Å². The maximum absolute atomic E-state index is 13.3. The molecule has 1 aliphatic rings. The van der Waals surface area contributed by atoms with Gasteiger partial charge in [-0.3, -0.25) is 14.2 Å². The van der Waals surface area contributed by atoms with Gasteiger partial charge in [0.2, 0.25) is 5.91 Å². The van der Waals surface area contributed by atoms with Gasteiger partial charge in [-0.1, -0.05) is 30.3 Å². The molecule has 1 heterocycles. The molecule has 1 amide bonds. The summed E-state index contributed by atoms with van der Waals surface area (Å²) in [5, 5.41) is -0.188. The second-order valence-electron chi connectivity index (χ2n) is 7.59. The van der Waals surface area contributed by atoms with Crippen LogP contribution in [0.5, 0.6) is 5.75 Å². The zero-order valence-electron chi connectivity index (χ0n) is 17.2. The lowest BCUT2D eigenvalue weighted by Gasteiger charge is -2.19. The molecule has 0 spiro atoms. The number of amides is 1. The number of carbonyl (C=O) groups excluding carboxylic acids is 1. The first-order chi connectivity index (χ1) is 15.5. The van der Waals surface area contributed by atoms with E-state index in [1.807, 2.05) is 0 Å². The molecular weight excluding hydrogens is 463 g/mol. The van der Waals surface area contributed by atoms with Crippen molar-refractivity contribution < 1.29 is 30.6 Å². The zero-order chi connectivity index (χ0) is 24.0. The summed E-state index contributed by atoms with van der Waals surface area (Å²) >= 11 is 0. The van der Waals surface area contributed by atoms with Crippen molar-refractivity contribution >= 4 is 26.9 Å². The molecular formula is C21H18F3N3O5S.